The van der Waals surface area contributed by atoms with Crippen LogP contribution in [0.25, 0.3) is 0 Å². The van der Waals surface area contributed by atoms with Crippen molar-refractivity contribution in [1.29, 1.82) is 0 Å². The summed E-state index contributed by atoms with van der Waals surface area (Å²) in [5.74, 6) is 0. The number of hydrogen-bond acceptors (Lipinski definition) is 0. The van der Waals surface area contributed by atoms with E-state index < -0.39 is 0 Å². The minimum atomic E-state index is 0.281. The van der Waals surface area contributed by atoms with Gasteiger partial charge in [0.25, 0.3) is 0 Å². The van der Waals surface area contributed by atoms with Crippen LogP contribution < -0.4 is 0 Å². The van der Waals surface area contributed by atoms with Gasteiger partial charge < -0.3 is 0 Å². The molecule has 0 aromatic heterocycles. The van der Waals surface area contributed by atoms with Crippen molar-refractivity contribution in [1.82, 2.24) is 0 Å². The smallest absolute Gasteiger partial charge is 0.00495 e. The van der Waals surface area contributed by atoms with E-state index >= 15 is 0 Å². The standard InChI is InChI=1S/C20H36/c1-5-9-11-12-13-15-19-20(16-7-3,17-8-4)18-14-10-6-2/h7-8,15,19H,3-6,9-14,16-18H2,1-2H3. The summed E-state index contributed by atoms with van der Waals surface area (Å²) in [7, 11) is 0. The Hall–Kier alpha value is -0.780. The summed E-state index contributed by atoms with van der Waals surface area (Å²) >= 11 is 0. The van der Waals surface area contributed by atoms with Crippen LogP contribution in [0.1, 0.15) is 84.5 Å². The van der Waals surface area contributed by atoms with Gasteiger partial charge in [0.15, 0.2) is 0 Å². The van der Waals surface area contributed by atoms with Gasteiger partial charge in [-0.25, -0.2) is 0 Å². The Bertz CT molecular complexity index is 249. The SMILES string of the molecule is C=CCC(C=CCCCCCC)(CC=C)CCCCC. The molecule has 0 rings (SSSR count). The molecule has 0 nitrogen and oxygen atoms in total. The molecule has 0 unspecified atom stereocenters. The first-order valence-corrected chi connectivity index (χ1v) is 8.64. The molecule has 0 N–H and O–H groups in total. The highest BCUT2D eigenvalue weighted by atomic mass is 14.3. The molecule has 0 amide bonds. The molecular weight excluding hydrogens is 240 g/mol. The van der Waals surface area contributed by atoms with Gasteiger partial charge in [-0.05, 0) is 37.5 Å². The largest absolute Gasteiger partial charge is 0.103 e. The molecule has 20 heavy (non-hydrogen) atoms. The molecule has 116 valence electrons. The van der Waals surface area contributed by atoms with Crippen molar-refractivity contribution in [3.63, 3.8) is 0 Å². The molecule has 0 aliphatic heterocycles. The van der Waals surface area contributed by atoms with Gasteiger partial charge in [0.2, 0.25) is 0 Å². The van der Waals surface area contributed by atoms with Crippen LogP contribution in [-0.2, 0) is 0 Å². The molecule has 0 bridgehead atoms. The van der Waals surface area contributed by atoms with Crippen LogP contribution in [0.3, 0.4) is 0 Å². The Kier molecular flexibility index (Phi) is 12.7. The van der Waals surface area contributed by atoms with Gasteiger partial charge >= 0.3 is 0 Å². The molecule has 0 heterocycles. The zero-order valence-corrected chi connectivity index (χ0v) is 14.0. The van der Waals surface area contributed by atoms with E-state index in [0.29, 0.717) is 0 Å². The normalized spacial score (nSPS) is 11.9. The number of allylic oxidation sites excluding steroid dienone is 4. The van der Waals surface area contributed by atoms with Crippen molar-refractivity contribution in [2.75, 3.05) is 0 Å². The molecule has 0 fully saturated rings. The molecule has 0 aromatic carbocycles. The van der Waals surface area contributed by atoms with Crippen molar-refractivity contribution in [3.8, 4) is 0 Å². The van der Waals surface area contributed by atoms with Crippen molar-refractivity contribution in [2.45, 2.75) is 84.5 Å². The summed E-state index contributed by atoms with van der Waals surface area (Å²) in [5, 5.41) is 0. The predicted molar refractivity (Wildman–Crippen MR) is 94.1 cm³/mol. The van der Waals surface area contributed by atoms with E-state index in [1.54, 1.807) is 0 Å². The molecule has 0 spiro atoms. The van der Waals surface area contributed by atoms with E-state index in [-0.39, 0.29) is 5.41 Å². The molecule has 0 heteroatoms. The van der Waals surface area contributed by atoms with Crippen molar-refractivity contribution in [2.24, 2.45) is 5.41 Å². The lowest BCUT2D eigenvalue weighted by Gasteiger charge is -2.29. The van der Waals surface area contributed by atoms with Crippen molar-refractivity contribution in [3.05, 3.63) is 37.5 Å². The predicted octanol–water partition coefficient (Wildman–Crippen LogP) is 7.23. The molecular formula is C20H36. The lowest BCUT2D eigenvalue weighted by Crippen LogP contribution is -2.16. The van der Waals surface area contributed by atoms with Crippen molar-refractivity contribution < 1.29 is 0 Å². The molecule has 0 aliphatic rings. The monoisotopic (exact) mass is 276 g/mol. The Morgan fingerprint density at radius 3 is 1.95 bits per heavy atom. The third-order valence-corrected chi connectivity index (χ3v) is 4.08. The molecule has 0 saturated heterocycles. The Labute approximate surface area is 128 Å². The van der Waals surface area contributed by atoms with Gasteiger partial charge in [0, 0.05) is 0 Å². The Morgan fingerprint density at radius 2 is 1.40 bits per heavy atom. The van der Waals surface area contributed by atoms with Crippen LogP contribution in [0.4, 0.5) is 0 Å². The summed E-state index contributed by atoms with van der Waals surface area (Å²) in [6, 6.07) is 0. The number of rotatable bonds is 14. The fourth-order valence-corrected chi connectivity index (χ4v) is 2.83. The average Bonchev–Trinajstić information content (AvgIpc) is 2.44. The lowest BCUT2D eigenvalue weighted by molar-refractivity contribution is 0.342. The molecule has 0 saturated carbocycles. The third kappa shape index (κ3) is 9.18. The molecule has 0 aliphatic carbocycles. The Morgan fingerprint density at radius 1 is 0.800 bits per heavy atom. The zero-order valence-electron chi connectivity index (χ0n) is 14.0. The molecule has 0 atom stereocenters. The molecule has 0 aromatic rings. The van der Waals surface area contributed by atoms with Gasteiger partial charge in [0.05, 0.1) is 0 Å². The van der Waals surface area contributed by atoms with E-state index in [0.717, 1.165) is 12.8 Å². The maximum atomic E-state index is 3.96. The summed E-state index contributed by atoms with van der Waals surface area (Å²) in [5.41, 5.74) is 0.281. The second-order valence-corrected chi connectivity index (χ2v) is 6.06. The maximum Gasteiger partial charge on any atom is -0.00495 e. The van der Waals surface area contributed by atoms with E-state index in [1.165, 1.54) is 57.8 Å². The first-order chi connectivity index (χ1) is 9.74. The highest BCUT2D eigenvalue weighted by Gasteiger charge is 2.23. The van der Waals surface area contributed by atoms with E-state index in [4.69, 9.17) is 0 Å². The lowest BCUT2D eigenvalue weighted by atomic mass is 9.76. The summed E-state index contributed by atoms with van der Waals surface area (Å²) in [6.45, 7) is 12.4. The first kappa shape index (κ1) is 19.2. The fraction of sp³-hybridized carbons (Fsp3) is 0.700. The second kappa shape index (κ2) is 13.2. The van der Waals surface area contributed by atoms with Gasteiger partial charge in [-0.1, -0.05) is 76.7 Å². The summed E-state index contributed by atoms with van der Waals surface area (Å²) < 4.78 is 0. The van der Waals surface area contributed by atoms with E-state index in [2.05, 4.69) is 51.3 Å². The number of unbranched alkanes of at least 4 members (excludes halogenated alkanes) is 6. The minimum Gasteiger partial charge on any atom is -0.103 e. The number of hydrogen-bond donors (Lipinski definition) is 0. The fourth-order valence-electron chi connectivity index (χ4n) is 2.83. The maximum absolute atomic E-state index is 3.96. The van der Waals surface area contributed by atoms with Crippen LogP contribution in [0, 0.1) is 5.41 Å². The van der Waals surface area contributed by atoms with Crippen LogP contribution in [0.15, 0.2) is 37.5 Å². The van der Waals surface area contributed by atoms with Crippen LogP contribution in [-0.4, -0.2) is 0 Å². The van der Waals surface area contributed by atoms with E-state index in [1.807, 2.05) is 0 Å². The first-order valence-electron chi connectivity index (χ1n) is 8.64. The van der Waals surface area contributed by atoms with Crippen LogP contribution >= 0.6 is 0 Å². The van der Waals surface area contributed by atoms with Gasteiger partial charge in [0.1, 0.15) is 0 Å². The summed E-state index contributed by atoms with van der Waals surface area (Å²) in [4.78, 5) is 0. The highest BCUT2D eigenvalue weighted by molar-refractivity contribution is 5.05. The second-order valence-electron chi connectivity index (χ2n) is 6.06. The van der Waals surface area contributed by atoms with Gasteiger partial charge in [-0.15, -0.1) is 13.2 Å². The minimum absolute atomic E-state index is 0.281. The third-order valence-electron chi connectivity index (χ3n) is 4.08. The van der Waals surface area contributed by atoms with Crippen LogP contribution in [0.5, 0.6) is 0 Å². The quantitative estimate of drug-likeness (QED) is 0.232. The topological polar surface area (TPSA) is 0 Å². The highest BCUT2D eigenvalue weighted by Crippen LogP contribution is 2.36. The van der Waals surface area contributed by atoms with Crippen LogP contribution in [0.2, 0.25) is 0 Å². The molecule has 0 radical (unpaired) electrons. The average molecular weight is 277 g/mol. The summed E-state index contributed by atoms with van der Waals surface area (Å²) in [6.07, 6.45) is 23.0. The van der Waals surface area contributed by atoms with Gasteiger partial charge in [-0.3, -0.25) is 0 Å². The van der Waals surface area contributed by atoms with Gasteiger partial charge in [-0.2, -0.15) is 0 Å². The van der Waals surface area contributed by atoms with Crippen molar-refractivity contribution >= 4 is 0 Å². The Balaban J connectivity index is 4.42. The zero-order chi connectivity index (χ0) is 15.1. The van der Waals surface area contributed by atoms with E-state index in [9.17, 15) is 0 Å².